The van der Waals surface area contributed by atoms with E-state index in [1.54, 1.807) is 12.1 Å². The second-order valence-electron chi connectivity index (χ2n) is 7.32. The third-order valence-corrected chi connectivity index (χ3v) is 7.57. The van der Waals surface area contributed by atoms with Gasteiger partial charge in [-0.15, -0.1) is 11.8 Å². The minimum absolute atomic E-state index is 0.0793. The monoisotopic (exact) mass is 432 g/mol. The standard InChI is InChI=1S/C22H28N2O3S2/c1-17(18-10-6-5-7-11-18)23-29(26,27)19-12-13-21(28-2)20(16-19)22(25)24-14-8-3-4-9-15-24/h5-7,10-13,16-17,23H,3-4,8-9,14-15H2,1-2H3/t17-/m1/s1. The largest absolute Gasteiger partial charge is 0.339 e. The summed E-state index contributed by atoms with van der Waals surface area (Å²) >= 11 is 1.46. The van der Waals surface area contributed by atoms with Gasteiger partial charge in [0.15, 0.2) is 0 Å². The fraction of sp³-hybridized carbons (Fsp3) is 0.409. The number of carbonyl (C=O) groups is 1. The second-order valence-corrected chi connectivity index (χ2v) is 9.88. The molecule has 1 heterocycles. The molecule has 0 saturated carbocycles. The van der Waals surface area contributed by atoms with E-state index in [4.69, 9.17) is 0 Å². The van der Waals surface area contributed by atoms with Crippen molar-refractivity contribution in [1.29, 1.82) is 0 Å². The Hall–Kier alpha value is -1.83. The second kappa shape index (κ2) is 9.78. The van der Waals surface area contributed by atoms with Gasteiger partial charge in [-0.2, -0.15) is 0 Å². The number of amides is 1. The molecule has 0 bridgehead atoms. The number of hydrogen-bond donors (Lipinski definition) is 1. The van der Waals surface area contributed by atoms with Crippen molar-refractivity contribution in [2.45, 2.75) is 48.4 Å². The Kier molecular flexibility index (Phi) is 7.38. The molecule has 0 radical (unpaired) electrons. The van der Waals surface area contributed by atoms with Crippen LogP contribution in [0.5, 0.6) is 0 Å². The van der Waals surface area contributed by atoms with Gasteiger partial charge in [0.05, 0.1) is 10.5 Å². The topological polar surface area (TPSA) is 66.5 Å². The Morgan fingerprint density at radius 3 is 2.31 bits per heavy atom. The average Bonchev–Trinajstić information content (AvgIpc) is 3.02. The van der Waals surface area contributed by atoms with Crippen LogP contribution in [-0.4, -0.2) is 38.6 Å². The molecule has 0 aromatic heterocycles. The molecule has 0 aliphatic carbocycles. The Bertz CT molecular complexity index is 938. The average molecular weight is 433 g/mol. The summed E-state index contributed by atoms with van der Waals surface area (Å²) in [4.78, 5) is 15.9. The highest BCUT2D eigenvalue weighted by Crippen LogP contribution is 2.27. The van der Waals surface area contributed by atoms with Crippen LogP contribution in [0.15, 0.2) is 58.3 Å². The van der Waals surface area contributed by atoms with Crippen LogP contribution in [0.4, 0.5) is 0 Å². The number of rotatable bonds is 6. The minimum Gasteiger partial charge on any atom is -0.339 e. The van der Waals surface area contributed by atoms with Gasteiger partial charge in [-0.25, -0.2) is 13.1 Å². The van der Waals surface area contributed by atoms with Gasteiger partial charge < -0.3 is 4.90 Å². The van der Waals surface area contributed by atoms with E-state index >= 15 is 0 Å². The molecular formula is C22H28N2O3S2. The van der Waals surface area contributed by atoms with E-state index in [-0.39, 0.29) is 16.8 Å². The minimum atomic E-state index is -3.76. The first-order valence-corrected chi connectivity index (χ1v) is 12.7. The molecule has 7 heteroatoms. The lowest BCUT2D eigenvalue weighted by Crippen LogP contribution is -2.32. The van der Waals surface area contributed by atoms with Crippen LogP contribution < -0.4 is 4.72 Å². The van der Waals surface area contributed by atoms with Crippen LogP contribution in [0.3, 0.4) is 0 Å². The Morgan fingerprint density at radius 2 is 1.69 bits per heavy atom. The van der Waals surface area contributed by atoms with Crippen LogP contribution in [-0.2, 0) is 10.0 Å². The zero-order valence-electron chi connectivity index (χ0n) is 16.9. The molecule has 3 rings (SSSR count). The highest BCUT2D eigenvalue weighted by molar-refractivity contribution is 7.98. The van der Waals surface area contributed by atoms with Crippen molar-refractivity contribution >= 4 is 27.7 Å². The fourth-order valence-corrected chi connectivity index (χ4v) is 5.40. The molecule has 29 heavy (non-hydrogen) atoms. The molecule has 1 atom stereocenters. The normalized spacial score (nSPS) is 16.3. The van der Waals surface area contributed by atoms with Gasteiger partial charge in [0.25, 0.3) is 5.91 Å². The summed E-state index contributed by atoms with van der Waals surface area (Å²) < 4.78 is 28.7. The fourth-order valence-electron chi connectivity index (χ4n) is 3.58. The molecular weight excluding hydrogens is 404 g/mol. The summed E-state index contributed by atoms with van der Waals surface area (Å²) in [5.74, 6) is -0.0793. The van der Waals surface area contributed by atoms with Crippen molar-refractivity contribution in [1.82, 2.24) is 9.62 Å². The first-order chi connectivity index (χ1) is 13.9. The van der Waals surface area contributed by atoms with Crippen LogP contribution in [0, 0.1) is 0 Å². The van der Waals surface area contributed by atoms with E-state index in [9.17, 15) is 13.2 Å². The molecule has 1 N–H and O–H groups in total. The molecule has 1 saturated heterocycles. The molecule has 0 spiro atoms. The van der Waals surface area contributed by atoms with Gasteiger partial charge in [-0.3, -0.25) is 4.79 Å². The van der Waals surface area contributed by atoms with Gasteiger partial charge in [0.1, 0.15) is 0 Å². The van der Waals surface area contributed by atoms with E-state index in [1.807, 2.05) is 48.4 Å². The smallest absolute Gasteiger partial charge is 0.255 e. The van der Waals surface area contributed by atoms with Gasteiger partial charge >= 0.3 is 0 Å². The zero-order valence-corrected chi connectivity index (χ0v) is 18.6. The quantitative estimate of drug-likeness (QED) is 0.684. The molecule has 1 fully saturated rings. The van der Waals surface area contributed by atoms with Crippen molar-refractivity contribution in [3.8, 4) is 0 Å². The van der Waals surface area contributed by atoms with E-state index in [2.05, 4.69) is 4.72 Å². The van der Waals surface area contributed by atoms with Gasteiger partial charge in [0, 0.05) is 24.0 Å². The number of nitrogens with zero attached hydrogens (tertiary/aromatic N) is 1. The number of nitrogens with one attached hydrogen (secondary N) is 1. The summed E-state index contributed by atoms with van der Waals surface area (Å²) in [6.45, 7) is 3.27. The molecule has 0 unspecified atom stereocenters. The number of carbonyl (C=O) groups excluding carboxylic acids is 1. The highest BCUT2D eigenvalue weighted by atomic mass is 32.2. The Morgan fingerprint density at radius 1 is 1.03 bits per heavy atom. The van der Waals surface area contributed by atoms with Crippen molar-refractivity contribution in [2.75, 3.05) is 19.3 Å². The number of hydrogen-bond acceptors (Lipinski definition) is 4. The predicted octanol–water partition coefficient (Wildman–Crippen LogP) is 4.46. The van der Waals surface area contributed by atoms with Crippen LogP contribution in [0.25, 0.3) is 0 Å². The lowest BCUT2D eigenvalue weighted by atomic mass is 10.1. The summed E-state index contributed by atoms with van der Waals surface area (Å²) in [6.07, 6.45) is 6.16. The summed E-state index contributed by atoms with van der Waals surface area (Å²) in [6, 6.07) is 13.9. The Balaban J connectivity index is 1.87. The molecule has 2 aromatic rings. The molecule has 2 aromatic carbocycles. The predicted molar refractivity (Wildman–Crippen MR) is 118 cm³/mol. The maximum Gasteiger partial charge on any atom is 0.255 e. The zero-order chi connectivity index (χ0) is 20.9. The number of likely N-dealkylation sites (tertiary alicyclic amines) is 1. The van der Waals surface area contributed by atoms with Crippen LogP contribution >= 0.6 is 11.8 Å². The van der Waals surface area contributed by atoms with Gasteiger partial charge in [0.2, 0.25) is 10.0 Å². The number of benzene rings is 2. The van der Waals surface area contributed by atoms with Crippen molar-refractivity contribution in [3.63, 3.8) is 0 Å². The molecule has 1 amide bonds. The first-order valence-electron chi connectivity index (χ1n) is 9.97. The van der Waals surface area contributed by atoms with Crippen molar-refractivity contribution in [3.05, 3.63) is 59.7 Å². The van der Waals surface area contributed by atoms with Gasteiger partial charge in [-0.05, 0) is 49.8 Å². The number of thioether (sulfide) groups is 1. The van der Waals surface area contributed by atoms with E-state index in [0.29, 0.717) is 5.56 Å². The highest BCUT2D eigenvalue weighted by Gasteiger charge is 2.24. The van der Waals surface area contributed by atoms with Crippen molar-refractivity contribution < 1.29 is 13.2 Å². The molecule has 156 valence electrons. The first kappa shape index (κ1) is 21.9. The third kappa shape index (κ3) is 5.41. The summed E-state index contributed by atoms with van der Waals surface area (Å²) in [5.41, 5.74) is 1.35. The van der Waals surface area contributed by atoms with E-state index in [0.717, 1.165) is 49.2 Å². The lowest BCUT2D eigenvalue weighted by Gasteiger charge is -2.22. The van der Waals surface area contributed by atoms with Crippen LogP contribution in [0.1, 0.15) is 54.6 Å². The van der Waals surface area contributed by atoms with E-state index < -0.39 is 10.0 Å². The van der Waals surface area contributed by atoms with Crippen LogP contribution in [0.2, 0.25) is 0 Å². The lowest BCUT2D eigenvalue weighted by molar-refractivity contribution is 0.0758. The summed E-state index contributed by atoms with van der Waals surface area (Å²) in [5, 5.41) is 0. The maximum absolute atomic E-state index is 13.2. The number of sulfonamides is 1. The van der Waals surface area contributed by atoms with Gasteiger partial charge in [-0.1, -0.05) is 43.2 Å². The Labute approximate surface area is 177 Å². The van der Waals surface area contributed by atoms with E-state index in [1.165, 1.54) is 17.8 Å². The maximum atomic E-state index is 13.2. The SMILES string of the molecule is CSc1ccc(S(=O)(=O)N[C@H](C)c2ccccc2)cc1C(=O)N1CCCCCC1. The molecule has 1 aliphatic heterocycles. The van der Waals surface area contributed by atoms with Crippen molar-refractivity contribution in [2.24, 2.45) is 0 Å². The molecule has 1 aliphatic rings. The summed E-state index contributed by atoms with van der Waals surface area (Å²) in [7, 11) is -3.76. The molecule has 5 nitrogen and oxygen atoms in total. The third-order valence-electron chi connectivity index (χ3n) is 5.24.